The van der Waals surface area contributed by atoms with Crippen molar-refractivity contribution in [2.45, 2.75) is 3.79 Å². The van der Waals surface area contributed by atoms with E-state index in [0.717, 1.165) is 0 Å². The van der Waals surface area contributed by atoms with Crippen molar-refractivity contribution >= 4 is 40.8 Å². The van der Waals surface area contributed by atoms with Gasteiger partial charge in [0.2, 0.25) is 34.8 Å². The lowest BCUT2D eigenvalue weighted by molar-refractivity contribution is -0.133. The van der Waals surface area contributed by atoms with Gasteiger partial charge in [-0.15, -0.1) is 0 Å². The molecule has 0 aliphatic heterocycles. The summed E-state index contributed by atoms with van der Waals surface area (Å²) < 4.78 is 65.2. The highest BCUT2D eigenvalue weighted by Gasteiger charge is 2.36. The van der Waals surface area contributed by atoms with Crippen LogP contribution in [0.1, 0.15) is 0 Å². The SMILES string of the molecule is O=C(Oc1c(F)c(F)c(F)c(F)c1F)C(Cl)(Cl)Cl. The predicted octanol–water partition coefficient (Wildman–Crippen LogP) is 3.66. The maximum absolute atomic E-state index is 13.0. The normalized spacial score (nSPS) is 11.6. The lowest BCUT2D eigenvalue weighted by Gasteiger charge is -2.12. The van der Waals surface area contributed by atoms with Gasteiger partial charge in [0, 0.05) is 0 Å². The summed E-state index contributed by atoms with van der Waals surface area (Å²) in [5, 5.41) is 0. The molecule has 0 N–H and O–H groups in total. The van der Waals surface area contributed by atoms with E-state index in [4.69, 9.17) is 34.8 Å². The Balaban J connectivity index is 3.31. The molecule has 1 aromatic carbocycles. The number of alkyl halides is 3. The Morgan fingerprint density at radius 2 is 1.17 bits per heavy atom. The van der Waals surface area contributed by atoms with E-state index in [1.165, 1.54) is 0 Å². The van der Waals surface area contributed by atoms with Crippen molar-refractivity contribution in [3.8, 4) is 5.75 Å². The number of halogens is 8. The minimum Gasteiger partial charge on any atom is -0.417 e. The van der Waals surface area contributed by atoms with Crippen LogP contribution in [0.3, 0.4) is 0 Å². The number of benzene rings is 1. The van der Waals surface area contributed by atoms with E-state index in [2.05, 4.69) is 4.74 Å². The van der Waals surface area contributed by atoms with E-state index >= 15 is 0 Å². The van der Waals surface area contributed by atoms with Crippen LogP contribution in [-0.2, 0) is 4.79 Å². The van der Waals surface area contributed by atoms with Crippen LogP contribution in [-0.4, -0.2) is 9.76 Å². The van der Waals surface area contributed by atoms with Crippen molar-refractivity contribution < 1.29 is 31.5 Å². The van der Waals surface area contributed by atoms with Crippen LogP contribution < -0.4 is 4.74 Å². The van der Waals surface area contributed by atoms with Gasteiger partial charge in [-0.05, 0) is 0 Å². The van der Waals surface area contributed by atoms with Gasteiger partial charge < -0.3 is 4.74 Å². The summed E-state index contributed by atoms with van der Waals surface area (Å²) in [6.07, 6.45) is 0. The van der Waals surface area contributed by atoms with Gasteiger partial charge in [0.05, 0.1) is 0 Å². The molecule has 18 heavy (non-hydrogen) atoms. The molecule has 0 aromatic heterocycles. The molecule has 0 saturated heterocycles. The second-order valence-corrected chi connectivity index (χ2v) is 5.07. The maximum Gasteiger partial charge on any atom is 0.364 e. The van der Waals surface area contributed by atoms with Gasteiger partial charge in [-0.2, -0.15) is 8.78 Å². The van der Waals surface area contributed by atoms with Crippen LogP contribution >= 0.6 is 34.8 Å². The first-order chi connectivity index (χ1) is 8.07. The highest BCUT2D eigenvalue weighted by Crippen LogP contribution is 2.33. The molecule has 0 unspecified atom stereocenters. The summed E-state index contributed by atoms with van der Waals surface area (Å²) in [6.45, 7) is 0. The second-order valence-electron chi connectivity index (χ2n) is 2.79. The van der Waals surface area contributed by atoms with Gasteiger partial charge in [-0.3, -0.25) is 0 Å². The van der Waals surface area contributed by atoms with E-state index in [-0.39, 0.29) is 0 Å². The molecule has 1 aromatic rings. The number of carbonyl (C=O) groups excluding carboxylic acids is 1. The molecular weight excluding hydrogens is 329 g/mol. The number of carbonyl (C=O) groups is 1. The van der Waals surface area contributed by atoms with E-state index in [1.54, 1.807) is 0 Å². The molecule has 0 heterocycles. The first-order valence-corrected chi connectivity index (χ1v) is 5.01. The second kappa shape index (κ2) is 5.07. The molecule has 0 spiro atoms. The molecule has 2 nitrogen and oxygen atoms in total. The van der Waals surface area contributed by atoms with Gasteiger partial charge in [-0.25, -0.2) is 18.0 Å². The molecular formula is C8Cl3F5O2. The maximum atomic E-state index is 13.0. The van der Waals surface area contributed by atoms with Gasteiger partial charge in [-0.1, -0.05) is 34.8 Å². The molecule has 0 radical (unpaired) electrons. The van der Waals surface area contributed by atoms with E-state index < -0.39 is 44.6 Å². The molecule has 100 valence electrons. The smallest absolute Gasteiger partial charge is 0.364 e. The summed E-state index contributed by atoms with van der Waals surface area (Å²) in [7, 11) is 0. The zero-order valence-electron chi connectivity index (χ0n) is 7.84. The summed E-state index contributed by atoms with van der Waals surface area (Å²) in [4.78, 5) is 11.0. The van der Waals surface area contributed by atoms with Crippen LogP contribution in [0.4, 0.5) is 22.0 Å². The van der Waals surface area contributed by atoms with Gasteiger partial charge >= 0.3 is 5.97 Å². The van der Waals surface area contributed by atoms with Crippen molar-refractivity contribution in [1.29, 1.82) is 0 Å². The van der Waals surface area contributed by atoms with Crippen molar-refractivity contribution in [2.24, 2.45) is 0 Å². The molecule has 0 aliphatic carbocycles. The Labute approximate surface area is 111 Å². The zero-order valence-corrected chi connectivity index (χ0v) is 10.1. The molecule has 0 atom stereocenters. The number of rotatable bonds is 1. The van der Waals surface area contributed by atoms with Crippen LogP contribution in [0.25, 0.3) is 0 Å². The first-order valence-electron chi connectivity index (χ1n) is 3.87. The van der Waals surface area contributed by atoms with Crippen molar-refractivity contribution in [3.05, 3.63) is 29.1 Å². The summed E-state index contributed by atoms with van der Waals surface area (Å²) in [6, 6.07) is 0. The van der Waals surface area contributed by atoms with E-state index in [1.807, 2.05) is 0 Å². The Morgan fingerprint density at radius 1 is 0.833 bits per heavy atom. The van der Waals surface area contributed by atoms with Crippen molar-refractivity contribution in [1.82, 2.24) is 0 Å². The van der Waals surface area contributed by atoms with Gasteiger partial charge in [0.1, 0.15) is 0 Å². The summed E-state index contributed by atoms with van der Waals surface area (Å²) >= 11 is 15.0. The lowest BCUT2D eigenvalue weighted by atomic mass is 10.2. The average molecular weight is 329 g/mol. The molecule has 0 amide bonds. The molecule has 0 bridgehead atoms. The van der Waals surface area contributed by atoms with Crippen LogP contribution in [0.2, 0.25) is 0 Å². The molecule has 0 saturated carbocycles. The van der Waals surface area contributed by atoms with Crippen LogP contribution in [0, 0.1) is 29.1 Å². The number of esters is 1. The topological polar surface area (TPSA) is 26.3 Å². The number of hydrogen-bond donors (Lipinski definition) is 0. The quantitative estimate of drug-likeness (QED) is 0.196. The lowest BCUT2D eigenvalue weighted by Crippen LogP contribution is -2.26. The monoisotopic (exact) mass is 328 g/mol. The average Bonchev–Trinajstić information content (AvgIpc) is 2.28. The Hall–Kier alpha value is -0.790. The number of ether oxygens (including phenoxy) is 1. The Bertz CT molecular complexity index is 485. The Morgan fingerprint density at radius 3 is 1.50 bits per heavy atom. The zero-order chi connectivity index (χ0) is 14.2. The third-order valence-corrected chi connectivity index (χ3v) is 2.06. The fourth-order valence-electron chi connectivity index (χ4n) is 0.825. The molecule has 1 rings (SSSR count). The van der Waals surface area contributed by atoms with Gasteiger partial charge in [0.15, 0.2) is 0 Å². The van der Waals surface area contributed by atoms with E-state index in [0.29, 0.717) is 0 Å². The van der Waals surface area contributed by atoms with Crippen LogP contribution in [0.5, 0.6) is 5.75 Å². The summed E-state index contributed by atoms with van der Waals surface area (Å²) in [5.74, 6) is -15.4. The van der Waals surface area contributed by atoms with Crippen molar-refractivity contribution in [3.63, 3.8) is 0 Å². The Kier molecular flexibility index (Phi) is 4.30. The van der Waals surface area contributed by atoms with Crippen LogP contribution in [0.15, 0.2) is 0 Å². The minimum atomic E-state index is -2.74. The fourth-order valence-corrected chi connectivity index (χ4v) is 0.941. The largest absolute Gasteiger partial charge is 0.417 e. The van der Waals surface area contributed by atoms with Crippen molar-refractivity contribution in [2.75, 3.05) is 0 Å². The molecule has 0 aliphatic rings. The fraction of sp³-hybridized carbons (Fsp3) is 0.125. The van der Waals surface area contributed by atoms with Gasteiger partial charge in [0.25, 0.3) is 3.79 Å². The highest BCUT2D eigenvalue weighted by molar-refractivity contribution is 6.75. The predicted molar refractivity (Wildman–Crippen MR) is 52.2 cm³/mol. The third kappa shape index (κ3) is 2.78. The highest BCUT2D eigenvalue weighted by atomic mass is 35.6. The van der Waals surface area contributed by atoms with E-state index in [9.17, 15) is 26.7 Å². The molecule has 10 heteroatoms. The minimum absolute atomic E-state index is 1.82. The first kappa shape index (κ1) is 15.3. The third-order valence-electron chi connectivity index (χ3n) is 1.60. The number of hydrogen-bond acceptors (Lipinski definition) is 2. The summed E-state index contributed by atoms with van der Waals surface area (Å²) in [5.41, 5.74) is 0. The standard InChI is InChI=1S/C8Cl3F5O2/c9-8(10,11)7(17)18-6-4(15)2(13)1(12)3(14)5(6)16. The molecule has 0 fully saturated rings.